The fraction of sp³-hybridized carbons (Fsp3) is 0.458. The minimum absolute atomic E-state index is 0.279. The molecule has 0 unspecified atom stereocenters. The van der Waals surface area contributed by atoms with Crippen LogP contribution in [0.4, 0.5) is 14.7 Å². The molecule has 4 aromatic rings. The van der Waals surface area contributed by atoms with Crippen molar-refractivity contribution in [3.8, 4) is 11.1 Å². The number of likely N-dealkylation sites (tertiary alicyclic amines) is 1. The highest BCUT2D eigenvalue weighted by Gasteiger charge is 2.31. The third-order valence-electron chi connectivity index (χ3n) is 7.15. The van der Waals surface area contributed by atoms with E-state index in [9.17, 15) is 13.6 Å². The highest BCUT2D eigenvalue weighted by Crippen LogP contribution is 2.31. The minimum atomic E-state index is -2.51. The maximum absolute atomic E-state index is 12.9. The van der Waals surface area contributed by atoms with E-state index >= 15 is 0 Å². The van der Waals surface area contributed by atoms with E-state index in [2.05, 4.69) is 35.5 Å². The summed E-state index contributed by atoms with van der Waals surface area (Å²) in [4.78, 5) is 26.5. The topological polar surface area (TPSA) is 105 Å². The number of fused-ring (bicyclic) bond motifs is 2. The average molecular weight is 481 g/mol. The Bertz CT molecular complexity index is 1370. The van der Waals surface area contributed by atoms with Crippen LogP contribution in [0.3, 0.4) is 0 Å². The second-order valence-electron chi connectivity index (χ2n) is 9.36. The van der Waals surface area contributed by atoms with Crippen molar-refractivity contribution in [1.29, 1.82) is 0 Å². The fourth-order valence-electron chi connectivity index (χ4n) is 5.38. The molecule has 1 amide bonds. The quantitative estimate of drug-likeness (QED) is 0.433. The maximum Gasteiger partial charge on any atom is 0.258 e. The van der Waals surface area contributed by atoms with Crippen molar-refractivity contribution >= 4 is 33.9 Å². The number of carbonyl (C=O) groups is 1. The third-order valence-corrected chi connectivity index (χ3v) is 7.15. The number of halogens is 2. The lowest BCUT2D eigenvalue weighted by molar-refractivity contribution is -0.130. The van der Waals surface area contributed by atoms with Crippen molar-refractivity contribution in [2.24, 2.45) is 0 Å². The molecule has 0 spiro atoms. The van der Waals surface area contributed by atoms with Crippen LogP contribution < -0.4 is 5.32 Å². The predicted octanol–water partition coefficient (Wildman–Crippen LogP) is 3.98. The number of rotatable bonds is 6. The van der Waals surface area contributed by atoms with Crippen LogP contribution in [0.25, 0.3) is 33.2 Å². The third kappa shape index (κ3) is 4.19. The number of hydrogen-bond donors (Lipinski definition) is 2. The normalized spacial score (nSPS) is 21.0. The number of hydrogen-bond acceptors (Lipinski definition) is 6. The SMILES string of the molecule is O=C1CCCN1[C@H]1CC[C@@H](Nc2ncc3c(-c4ccc5nnn(CC(F)F)c5c4)c[nH]c3n2)CC1. The number of nitrogens with zero attached hydrogens (tertiary/aromatic N) is 6. The fourth-order valence-corrected chi connectivity index (χ4v) is 5.38. The number of nitrogens with one attached hydrogen (secondary N) is 2. The van der Waals surface area contributed by atoms with Gasteiger partial charge in [0.05, 0.1) is 5.52 Å². The summed E-state index contributed by atoms with van der Waals surface area (Å²) >= 11 is 0. The van der Waals surface area contributed by atoms with Crippen LogP contribution >= 0.6 is 0 Å². The summed E-state index contributed by atoms with van der Waals surface area (Å²) in [6.45, 7) is 0.400. The van der Waals surface area contributed by atoms with Crippen molar-refractivity contribution in [2.45, 2.75) is 63.6 Å². The molecule has 182 valence electrons. The van der Waals surface area contributed by atoms with E-state index in [0.29, 0.717) is 41.0 Å². The molecule has 9 nitrogen and oxygen atoms in total. The number of benzene rings is 1. The van der Waals surface area contributed by atoms with Gasteiger partial charge in [0.2, 0.25) is 11.9 Å². The molecule has 0 atom stereocenters. The summed E-state index contributed by atoms with van der Waals surface area (Å²) in [5, 5.41) is 12.1. The van der Waals surface area contributed by atoms with Gasteiger partial charge >= 0.3 is 0 Å². The molecule has 1 aliphatic carbocycles. The van der Waals surface area contributed by atoms with Crippen LogP contribution in [0, 0.1) is 0 Å². The van der Waals surface area contributed by atoms with E-state index in [0.717, 1.165) is 55.2 Å². The lowest BCUT2D eigenvalue weighted by Gasteiger charge is -2.34. The van der Waals surface area contributed by atoms with E-state index in [4.69, 9.17) is 0 Å². The molecule has 2 N–H and O–H groups in total. The molecular formula is C24H26F2N8O. The van der Waals surface area contributed by atoms with Gasteiger partial charge in [-0.1, -0.05) is 11.3 Å². The lowest BCUT2D eigenvalue weighted by atomic mass is 9.90. The Morgan fingerprint density at radius 2 is 2.06 bits per heavy atom. The van der Waals surface area contributed by atoms with Crippen molar-refractivity contribution in [3.05, 3.63) is 30.6 Å². The first-order valence-electron chi connectivity index (χ1n) is 12.1. The van der Waals surface area contributed by atoms with Crippen molar-refractivity contribution < 1.29 is 13.6 Å². The molecule has 35 heavy (non-hydrogen) atoms. The minimum Gasteiger partial charge on any atom is -0.351 e. The molecule has 1 aliphatic heterocycles. The smallest absolute Gasteiger partial charge is 0.258 e. The van der Waals surface area contributed by atoms with Gasteiger partial charge in [0, 0.05) is 48.4 Å². The van der Waals surface area contributed by atoms with E-state index in [-0.39, 0.29) is 6.04 Å². The van der Waals surface area contributed by atoms with Crippen LogP contribution in [-0.4, -0.2) is 65.8 Å². The predicted molar refractivity (Wildman–Crippen MR) is 127 cm³/mol. The van der Waals surface area contributed by atoms with E-state index in [1.165, 1.54) is 4.68 Å². The highest BCUT2D eigenvalue weighted by molar-refractivity contribution is 5.95. The van der Waals surface area contributed by atoms with Crippen molar-refractivity contribution in [2.75, 3.05) is 11.9 Å². The second kappa shape index (κ2) is 8.86. The molecule has 0 radical (unpaired) electrons. The second-order valence-corrected chi connectivity index (χ2v) is 9.36. The molecular weight excluding hydrogens is 454 g/mol. The number of carbonyl (C=O) groups excluding carboxylic acids is 1. The number of anilines is 1. The van der Waals surface area contributed by atoms with E-state index in [1.54, 1.807) is 12.3 Å². The molecule has 2 aliphatic rings. The maximum atomic E-state index is 12.9. The van der Waals surface area contributed by atoms with Crippen LogP contribution in [0.1, 0.15) is 38.5 Å². The first-order chi connectivity index (χ1) is 17.0. The molecule has 4 heterocycles. The van der Waals surface area contributed by atoms with Crippen LogP contribution in [-0.2, 0) is 11.3 Å². The summed E-state index contributed by atoms with van der Waals surface area (Å²) in [6.07, 6.45) is 6.75. The lowest BCUT2D eigenvalue weighted by Crippen LogP contribution is -2.41. The van der Waals surface area contributed by atoms with Gasteiger partial charge in [0.15, 0.2) is 0 Å². The standard InChI is InChI=1S/C24H26F2N8O/c25-21(26)13-34-20-10-14(3-8-19(20)31-32-34)17-11-27-23-18(17)12-28-24(30-23)29-15-4-6-16(7-5-15)33-9-1-2-22(33)35/h3,8,10-12,15-16,21H,1-2,4-7,9,13H2,(H2,27,28,29,30)/t15-,16+. The zero-order chi connectivity index (χ0) is 23.9. The first-order valence-corrected chi connectivity index (χ1v) is 12.1. The first kappa shape index (κ1) is 21.9. The summed E-state index contributed by atoms with van der Waals surface area (Å²) in [5.41, 5.74) is 3.56. The number of aromatic nitrogens is 6. The monoisotopic (exact) mass is 480 g/mol. The van der Waals surface area contributed by atoms with Crippen molar-refractivity contribution in [1.82, 2.24) is 34.8 Å². The number of aromatic amines is 1. The average Bonchev–Trinajstić information content (AvgIpc) is 3.57. The number of amides is 1. The Labute approximate surface area is 199 Å². The van der Waals surface area contributed by atoms with E-state index in [1.807, 2.05) is 18.3 Å². The van der Waals surface area contributed by atoms with Gasteiger partial charge in [-0.3, -0.25) is 4.79 Å². The van der Waals surface area contributed by atoms with Crippen LogP contribution in [0.5, 0.6) is 0 Å². The summed E-state index contributed by atoms with van der Waals surface area (Å²) in [6, 6.07) is 6.13. The zero-order valence-corrected chi connectivity index (χ0v) is 19.1. The van der Waals surface area contributed by atoms with Crippen molar-refractivity contribution in [3.63, 3.8) is 0 Å². The van der Waals surface area contributed by atoms with Crippen LogP contribution in [0.2, 0.25) is 0 Å². The Morgan fingerprint density at radius 1 is 1.20 bits per heavy atom. The van der Waals surface area contributed by atoms with Gasteiger partial charge in [-0.15, -0.1) is 5.10 Å². The molecule has 11 heteroatoms. The largest absolute Gasteiger partial charge is 0.351 e. The molecule has 2 fully saturated rings. The molecule has 6 rings (SSSR count). The number of H-pyrrole nitrogens is 1. The summed E-state index contributed by atoms with van der Waals surface area (Å²) in [5.74, 6) is 0.868. The summed E-state index contributed by atoms with van der Waals surface area (Å²) in [7, 11) is 0. The van der Waals surface area contributed by atoms with Gasteiger partial charge in [0.25, 0.3) is 6.43 Å². The molecule has 1 aromatic carbocycles. The Kier molecular flexibility index (Phi) is 5.54. The number of alkyl halides is 2. The van der Waals surface area contributed by atoms with Gasteiger partial charge in [-0.2, -0.15) is 4.98 Å². The molecule has 1 saturated heterocycles. The van der Waals surface area contributed by atoms with Gasteiger partial charge in [-0.05, 0) is 49.8 Å². The van der Waals surface area contributed by atoms with Crippen LogP contribution in [0.15, 0.2) is 30.6 Å². The van der Waals surface area contributed by atoms with Gasteiger partial charge < -0.3 is 15.2 Å². The molecule has 1 saturated carbocycles. The molecule has 3 aromatic heterocycles. The molecule has 0 bridgehead atoms. The highest BCUT2D eigenvalue weighted by atomic mass is 19.3. The Morgan fingerprint density at radius 3 is 2.83 bits per heavy atom. The Hall–Kier alpha value is -3.63. The summed E-state index contributed by atoms with van der Waals surface area (Å²) < 4.78 is 27.0. The van der Waals surface area contributed by atoms with E-state index < -0.39 is 13.0 Å². The zero-order valence-electron chi connectivity index (χ0n) is 19.1. The Balaban J connectivity index is 1.18. The van der Waals surface area contributed by atoms with Gasteiger partial charge in [-0.25, -0.2) is 18.4 Å². The van der Waals surface area contributed by atoms with Gasteiger partial charge in [0.1, 0.15) is 17.7 Å².